The first kappa shape index (κ1) is 32.5. The minimum atomic E-state index is -4.16. The first-order valence-corrected chi connectivity index (χ1v) is 16.5. The number of nitrogens with zero attached hydrogens (tertiary/aromatic N) is 2. The van der Waals surface area contributed by atoms with E-state index < -0.39 is 28.5 Å². The maximum atomic E-state index is 14.3. The molecule has 7 nitrogen and oxygen atoms in total. The molecule has 0 aliphatic rings. The van der Waals surface area contributed by atoms with Gasteiger partial charge in [-0.1, -0.05) is 93.7 Å². The molecule has 4 aromatic carbocycles. The van der Waals surface area contributed by atoms with Gasteiger partial charge in [0.2, 0.25) is 11.8 Å². The van der Waals surface area contributed by atoms with Crippen LogP contribution in [0.1, 0.15) is 18.1 Å². The molecular weight excluding hydrogens is 673 g/mol. The summed E-state index contributed by atoms with van der Waals surface area (Å²) >= 11 is 15.8. The molecule has 0 aliphatic heterocycles. The predicted octanol–water partition coefficient (Wildman–Crippen LogP) is 6.73. The Morgan fingerprint density at radius 1 is 0.837 bits per heavy atom. The van der Waals surface area contributed by atoms with Gasteiger partial charge in [0.05, 0.1) is 20.6 Å². The standard InChI is InChI=1S/C32H30BrCl2N3O4S/c1-2-36-32(40)30(20-23-9-5-3-6-10-23)37(21-24-13-18-28(34)29(35)19-24)31(39)22-38(26-16-14-25(33)15-17-26)43(41,42)27-11-7-4-8-12-27/h3-19,30H,2,20-22H2,1H3,(H,36,40)/t30-/m0/s1. The van der Waals surface area contributed by atoms with Gasteiger partial charge in [-0.3, -0.25) is 13.9 Å². The fourth-order valence-corrected chi connectivity index (χ4v) is 6.56. The second kappa shape index (κ2) is 14.9. The van der Waals surface area contributed by atoms with E-state index in [1.807, 2.05) is 30.3 Å². The van der Waals surface area contributed by atoms with Crippen LogP contribution in [0.2, 0.25) is 10.0 Å². The van der Waals surface area contributed by atoms with Crippen molar-refractivity contribution in [1.29, 1.82) is 0 Å². The van der Waals surface area contributed by atoms with Crippen molar-refractivity contribution in [2.75, 3.05) is 17.4 Å². The van der Waals surface area contributed by atoms with Gasteiger partial charge in [-0.25, -0.2) is 8.42 Å². The molecular formula is C32H30BrCl2N3O4S. The van der Waals surface area contributed by atoms with E-state index in [9.17, 15) is 18.0 Å². The topological polar surface area (TPSA) is 86.8 Å². The number of anilines is 1. The molecule has 0 aromatic heterocycles. The Labute approximate surface area is 270 Å². The van der Waals surface area contributed by atoms with Crippen LogP contribution in [-0.2, 0) is 32.6 Å². The van der Waals surface area contributed by atoms with E-state index in [0.717, 1.165) is 14.3 Å². The molecule has 4 rings (SSSR count). The first-order valence-electron chi connectivity index (χ1n) is 13.5. The zero-order valence-electron chi connectivity index (χ0n) is 23.3. The summed E-state index contributed by atoms with van der Waals surface area (Å²) in [6, 6.07) is 27.9. The third-order valence-corrected chi connectivity index (χ3v) is 9.74. The van der Waals surface area contributed by atoms with E-state index in [1.165, 1.54) is 17.0 Å². The molecule has 0 aliphatic carbocycles. The minimum absolute atomic E-state index is 0.0100. The van der Waals surface area contributed by atoms with Crippen LogP contribution in [0, 0.1) is 0 Å². The van der Waals surface area contributed by atoms with Crippen molar-refractivity contribution in [2.45, 2.75) is 30.8 Å². The number of benzene rings is 4. The van der Waals surface area contributed by atoms with E-state index in [0.29, 0.717) is 27.8 Å². The first-order chi connectivity index (χ1) is 20.6. The Morgan fingerprint density at radius 3 is 2.07 bits per heavy atom. The lowest BCUT2D eigenvalue weighted by Gasteiger charge is -2.34. The molecule has 0 bridgehead atoms. The van der Waals surface area contributed by atoms with Crippen LogP contribution in [0.5, 0.6) is 0 Å². The normalized spacial score (nSPS) is 11.9. The predicted molar refractivity (Wildman–Crippen MR) is 175 cm³/mol. The van der Waals surface area contributed by atoms with Gasteiger partial charge in [0.15, 0.2) is 0 Å². The van der Waals surface area contributed by atoms with Crippen LogP contribution in [-0.4, -0.2) is 44.3 Å². The molecule has 0 fully saturated rings. The molecule has 0 saturated heterocycles. The highest BCUT2D eigenvalue weighted by atomic mass is 79.9. The van der Waals surface area contributed by atoms with Crippen LogP contribution in [0.15, 0.2) is 112 Å². The summed E-state index contributed by atoms with van der Waals surface area (Å²) in [6.07, 6.45) is 0.212. The summed E-state index contributed by atoms with van der Waals surface area (Å²) in [5.41, 5.74) is 1.77. The van der Waals surface area contributed by atoms with Crippen molar-refractivity contribution in [3.63, 3.8) is 0 Å². The van der Waals surface area contributed by atoms with E-state index in [1.54, 1.807) is 67.6 Å². The monoisotopic (exact) mass is 701 g/mol. The number of carbonyl (C=O) groups is 2. The summed E-state index contributed by atoms with van der Waals surface area (Å²) < 4.78 is 29.7. The number of sulfonamides is 1. The smallest absolute Gasteiger partial charge is 0.264 e. The van der Waals surface area contributed by atoms with Gasteiger partial charge in [-0.2, -0.15) is 0 Å². The average molecular weight is 703 g/mol. The number of hydrogen-bond acceptors (Lipinski definition) is 4. The number of likely N-dealkylation sites (N-methyl/N-ethyl adjacent to an activating group) is 1. The lowest BCUT2D eigenvalue weighted by molar-refractivity contribution is -0.140. The van der Waals surface area contributed by atoms with Crippen molar-refractivity contribution in [2.24, 2.45) is 0 Å². The third kappa shape index (κ3) is 8.38. The van der Waals surface area contributed by atoms with E-state index in [4.69, 9.17) is 23.2 Å². The van der Waals surface area contributed by atoms with Gasteiger partial charge in [0.1, 0.15) is 12.6 Å². The maximum absolute atomic E-state index is 14.3. The average Bonchev–Trinajstić information content (AvgIpc) is 3.01. The number of rotatable bonds is 12. The van der Waals surface area contributed by atoms with Gasteiger partial charge in [0.25, 0.3) is 10.0 Å². The van der Waals surface area contributed by atoms with Crippen LogP contribution >= 0.6 is 39.1 Å². The van der Waals surface area contributed by atoms with Crippen LogP contribution in [0.25, 0.3) is 0 Å². The summed E-state index contributed by atoms with van der Waals surface area (Å²) in [6.45, 7) is 1.59. The molecule has 1 atom stereocenters. The lowest BCUT2D eigenvalue weighted by Crippen LogP contribution is -2.53. The van der Waals surface area contributed by atoms with Crippen LogP contribution in [0.4, 0.5) is 5.69 Å². The zero-order valence-corrected chi connectivity index (χ0v) is 27.2. The summed E-state index contributed by atoms with van der Waals surface area (Å²) in [5, 5.41) is 3.49. The Kier molecular flexibility index (Phi) is 11.3. The molecule has 1 N–H and O–H groups in total. The van der Waals surface area contributed by atoms with Gasteiger partial charge in [-0.05, 0) is 66.6 Å². The summed E-state index contributed by atoms with van der Waals surface area (Å²) in [4.78, 5) is 29.3. The number of amides is 2. The van der Waals surface area contributed by atoms with Crippen molar-refractivity contribution in [3.05, 3.63) is 129 Å². The van der Waals surface area contributed by atoms with Gasteiger partial charge in [-0.15, -0.1) is 0 Å². The number of carbonyl (C=O) groups excluding carboxylic acids is 2. The second-order valence-corrected chi connectivity index (χ2v) is 13.3. The molecule has 0 saturated carbocycles. The van der Waals surface area contributed by atoms with Gasteiger partial charge < -0.3 is 10.2 Å². The molecule has 224 valence electrons. The molecule has 11 heteroatoms. The van der Waals surface area contributed by atoms with Crippen molar-refractivity contribution in [3.8, 4) is 0 Å². The zero-order chi connectivity index (χ0) is 31.0. The highest BCUT2D eigenvalue weighted by Gasteiger charge is 2.34. The Morgan fingerprint density at radius 2 is 1.47 bits per heavy atom. The molecule has 0 radical (unpaired) electrons. The number of hydrogen-bond donors (Lipinski definition) is 1. The maximum Gasteiger partial charge on any atom is 0.264 e. The summed E-state index contributed by atoms with van der Waals surface area (Å²) in [5.74, 6) is -0.929. The fraction of sp³-hybridized carbons (Fsp3) is 0.188. The highest BCUT2D eigenvalue weighted by Crippen LogP contribution is 2.28. The second-order valence-electron chi connectivity index (χ2n) is 9.67. The number of nitrogens with one attached hydrogen (secondary N) is 1. The Hall–Kier alpha value is -3.37. The molecule has 0 unspecified atom stereocenters. The van der Waals surface area contributed by atoms with Gasteiger partial charge in [0, 0.05) is 24.0 Å². The van der Waals surface area contributed by atoms with E-state index in [2.05, 4.69) is 21.2 Å². The number of halogens is 3. The van der Waals surface area contributed by atoms with Crippen LogP contribution in [0.3, 0.4) is 0 Å². The van der Waals surface area contributed by atoms with Crippen molar-refractivity contribution < 1.29 is 18.0 Å². The molecule has 0 heterocycles. The molecule has 43 heavy (non-hydrogen) atoms. The quantitative estimate of drug-likeness (QED) is 0.178. The third-order valence-electron chi connectivity index (χ3n) is 6.68. The Bertz CT molecular complexity index is 1660. The van der Waals surface area contributed by atoms with E-state index in [-0.39, 0.29) is 23.8 Å². The SMILES string of the molecule is CCNC(=O)[C@H](Cc1ccccc1)N(Cc1ccc(Cl)c(Cl)c1)C(=O)CN(c1ccc(Br)cc1)S(=O)(=O)c1ccccc1. The largest absolute Gasteiger partial charge is 0.355 e. The van der Waals surface area contributed by atoms with Gasteiger partial charge >= 0.3 is 0 Å². The Balaban J connectivity index is 1.80. The van der Waals surface area contributed by atoms with Crippen molar-refractivity contribution in [1.82, 2.24) is 10.2 Å². The minimum Gasteiger partial charge on any atom is -0.355 e. The highest BCUT2D eigenvalue weighted by molar-refractivity contribution is 9.10. The molecule has 4 aromatic rings. The van der Waals surface area contributed by atoms with E-state index >= 15 is 0 Å². The van der Waals surface area contributed by atoms with Crippen molar-refractivity contribution >= 4 is 66.7 Å². The fourth-order valence-electron chi connectivity index (χ4n) is 4.54. The van der Waals surface area contributed by atoms with Crippen LogP contribution < -0.4 is 9.62 Å². The molecule has 0 spiro atoms. The summed E-state index contributed by atoms with van der Waals surface area (Å²) in [7, 11) is -4.16. The lowest BCUT2D eigenvalue weighted by atomic mass is 10.0. The molecule has 2 amide bonds.